The van der Waals surface area contributed by atoms with Crippen molar-refractivity contribution in [2.75, 3.05) is 5.32 Å². The quantitative estimate of drug-likeness (QED) is 0.350. The largest absolute Gasteiger partial charge is 0.339 e. The van der Waals surface area contributed by atoms with E-state index in [1.807, 2.05) is 38.1 Å². The maximum Gasteiger partial charge on any atom is 0.227 e. The van der Waals surface area contributed by atoms with E-state index in [9.17, 15) is 4.79 Å². The lowest BCUT2D eigenvalue weighted by Crippen LogP contribution is -2.13. The number of thioether (sulfide) groups is 1. The molecule has 0 aliphatic carbocycles. The van der Waals surface area contributed by atoms with Gasteiger partial charge in [0.1, 0.15) is 0 Å². The van der Waals surface area contributed by atoms with E-state index in [-0.39, 0.29) is 12.3 Å². The number of rotatable bonds is 8. The predicted octanol–water partition coefficient (Wildman–Crippen LogP) is 4.99. The molecule has 2 heterocycles. The molecule has 0 bridgehead atoms. The highest BCUT2D eigenvalue weighted by molar-refractivity contribution is 7.98. The van der Waals surface area contributed by atoms with Crippen LogP contribution < -0.4 is 5.32 Å². The van der Waals surface area contributed by atoms with Gasteiger partial charge in [0.05, 0.1) is 5.75 Å². The first-order valence-electron chi connectivity index (χ1n) is 9.96. The van der Waals surface area contributed by atoms with E-state index in [1.165, 1.54) is 17.3 Å². The van der Waals surface area contributed by atoms with Crippen molar-refractivity contribution in [1.29, 1.82) is 0 Å². The Morgan fingerprint density at radius 3 is 2.75 bits per heavy atom. The summed E-state index contributed by atoms with van der Waals surface area (Å²) in [6.45, 7) is 3.93. The van der Waals surface area contributed by atoms with Gasteiger partial charge in [-0.15, -0.1) is 5.10 Å². The zero-order chi connectivity index (χ0) is 22.5. The standard InChI is InChI=1S/C22H21ClN6O2S/c1-13-3-5-15(6-4-13)21-26-22(28-27-21)32-12-18-25-20(31-29-18)10-9-19(30)24-17-8-7-16(23)11-14(17)2/h3-8,11H,9-10,12H2,1-2H3,(H,24,30)(H,26,27,28). The van der Waals surface area contributed by atoms with Gasteiger partial charge >= 0.3 is 0 Å². The molecule has 4 rings (SSSR count). The molecule has 0 radical (unpaired) electrons. The molecule has 10 heteroatoms. The average molecular weight is 469 g/mol. The smallest absolute Gasteiger partial charge is 0.227 e. The minimum atomic E-state index is -0.131. The molecule has 0 aliphatic rings. The Bertz CT molecular complexity index is 1220. The summed E-state index contributed by atoms with van der Waals surface area (Å²) in [5.41, 5.74) is 3.80. The normalized spacial score (nSPS) is 11.0. The fraction of sp³-hybridized carbons (Fsp3) is 0.227. The molecule has 0 atom stereocenters. The zero-order valence-corrected chi connectivity index (χ0v) is 19.1. The summed E-state index contributed by atoms with van der Waals surface area (Å²) < 4.78 is 5.26. The minimum absolute atomic E-state index is 0.131. The first kappa shape index (κ1) is 22.0. The molecule has 0 fully saturated rings. The highest BCUT2D eigenvalue weighted by Gasteiger charge is 2.12. The molecule has 0 saturated carbocycles. The van der Waals surface area contributed by atoms with Crippen molar-refractivity contribution in [2.45, 2.75) is 37.6 Å². The van der Waals surface area contributed by atoms with Crippen LogP contribution in [0.2, 0.25) is 5.02 Å². The molecule has 2 N–H and O–H groups in total. The molecule has 2 aromatic heterocycles. The van der Waals surface area contributed by atoms with Gasteiger partial charge in [0.15, 0.2) is 11.6 Å². The third kappa shape index (κ3) is 5.74. The number of aryl methyl sites for hydroxylation is 3. The van der Waals surface area contributed by atoms with Gasteiger partial charge in [-0.3, -0.25) is 9.89 Å². The Balaban J connectivity index is 1.26. The van der Waals surface area contributed by atoms with Crippen molar-refractivity contribution < 1.29 is 9.32 Å². The van der Waals surface area contributed by atoms with E-state index in [1.54, 1.807) is 18.2 Å². The number of hydrogen-bond acceptors (Lipinski definition) is 7. The molecular formula is C22H21ClN6O2S. The van der Waals surface area contributed by atoms with Crippen LogP contribution in [0.3, 0.4) is 0 Å². The van der Waals surface area contributed by atoms with Crippen LogP contribution in [0.5, 0.6) is 0 Å². The van der Waals surface area contributed by atoms with Crippen molar-refractivity contribution in [3.05, 3.63) is 70.3 Å². The maximum atomic E-state index is 12.2. The monoisotopic (exact) mass is 468 g/mol. The summed E-state index contributed by atoms with van der Waals surface area (Å²) in [5, 5.41) is 15.2. The van der Waals surface area contributed by atoms with E-state index >= 15 is 0 Å². The van der Waals surface area contributed by atoms with Gasteiger partial charge in [-0.1, -0.05) is 58.3 Å². The SMILES string of the molecule is Cc1ccc(-c2nc(SCc3noc(CCC(=O)Nc4ccc(Cl)cc4C)n3)n[nH]2)cc1. The van der Waals surface area contributed by atoms with Crippen LogP contribution in [0.15, 0.2) is 52.1 Å². The molecule has 1 amide bonds. The molecule has 32 heavy (non-hydrogen) atoms. The Kier molecular flexibility index (Phi) is 6.87. The number of hydrogen-bond donors (Lipinski definition) is 2. The number of carbonyl (C=O) groups excluding carboxylic acids is 1. The number of nitrogens with zero attached hydrogens (tertiary/aromatic N) is 4. The van der Waals surface area contributed by atoms with Crippen LogP contribution >= 0.6 is 23.4 Å². The lowest BCUT2D eigenvalue weighted by molar-refractivity contribution is -0.116. The van der Waals surface area contributed by atoms with Crippen molar-refractivity contribution >= 4 is 35.0 Å². The third-order valence-corrected chi connectivity index (χ3v) is 5.74. The summed E-state index contributed by atoms with van der Waals surface area (Å²) >= 11 is 7.35. The Morgan fingerprint density at radius 1 is 1.16 bits per heavy atom. The first-order chi connectivity index (χ1) is 15.5. The summed E-state index contributed by atoms with van der Waals surface area (Å²) in [7, 11) is 0. The van der Waals surface area contributed by atoms with Crippen molar-refractivity contribution in [1.82, 2.24) is 25.3 Å². The van der Waals surface area contributed by atoms with Crippen LogP contribution in [0.25, 0.3) is 11.4 Å². The topological polar surface area (TPSA) is 110 Å². The number of amides is 1. The molecule has 8 nitrogen and oxygen atoms in total. The van der Waals surface area contributed by atoms with Gasteiger partial charge in [0.2, 0.25) is 17.0 Å². The highest BCUT2D eigenvalue weighted by atomic mass is 35.5. The predicted molar refractivity (Wildman–Crippen MR) is 124 cm³/mol. The van der Waals surface area contributed by atoms with Crippen molar-refractivity contribution in [2.24, 2.45) is 0 Å². The van der Waals surface area contributed by atoms with Gasteiger partial charge < -0.3 is 9.84 Å². The van der Waals surface area contributed by atoms with Crippen LogP contribution in [-0.4, -0.2) is 31.2 Å². The summed E-state index contributed by atoms with van der Waals surface area (Å²) in [4.78, 5) is 21.1. The van der Waals surface area contributed by atoms with Gasteiger partial charge in [0, 0.05) is 29.1 Å². The second kappa shape index (κ2) is 9.97. The highest BCUT2D eigenvalue weighted by Crippen LogP contribution is 2.22. The van der Waals surface area contributed by atoms with E-state index in [0.29, 0.717) is 39.9 Å². The number of aromatic nitrogens is 5. The molecular weight excluding hydrogens is 448 g/mol. The Labute approximate surface area is 194 Å². The molecule has 0 unspecified atom stereocenters. The molecule has 0 spiro atoms. The van der Waals surface area contributed by atoms with Crippen LogP contribution in [0, 0.1) is 13.8 Å². The number of anilines is 1. The van der Waals surface area contributed by atoms with E-state index in [4.69, 9.17) is 16.1 Å². The Morgan fingerprint density at radius 2 is 1.97 bits per heavy atom. The van der Waals surface area contributed by atoms with Crippen LogP contribution in [0.4, 0.5) is 5.69 Å². The molecule has 2 aromatic carbocycles. The number of carbonyl (C=O) groups is 1. The molecule has 164 valence electrons. The summed E-state index contributed by atoms with van der Waals surface area (Å²) in [6, 6.07) is 13.4. The lowest BCUT2D eigenvalue weighted by atomic mass is 10.1. The molecule has 0 aliphatic heterocycles. The second-order valence-electron chi connectivity index (χ2n) is 7.23. The van der Waals surface area contributed by atoms with Crippen molar-refractivity contribution in [3.8, 4) is 11.4 Å². The Hall–Kier alpha value is -3.17. The summed E-state index contributed by atoms with van der Waals surface area (Å²) in [5.74, 6) is 1.99. The number of benzene rings is 2. The lowest BCUT2D eigenvalue weighted by Gasteiger charge is -2.07. The number of nitrogens with one attached hydrogen (secondary N) is 2. The average Bonchev–Trinajstić information content (AvgIpc) is 3.43. The molecule has 0 saturated heterocycles. The molecule has 4 aromatic rings. The third-order valence-electron chi connectivity index (χ3n) is 4.66. The van der Waals surface area contributed by atoms with Crippen LogP contribution in [0.1, 0.15) is 29.3 Å². The van der Waals surface area contributed by atoms with Gasteiger partial charge in [-0.05, 0) is 37.6 Å². The fourth-order valence-corrected chi connectivity index (χ4v) is 3.80. The van der Waals surface area contributed by atoms with Crippen LogP contribution in [-0.2, 0) is 17.0 Å². The number of halogens is 1. The number of H-pyrrole nitrogens is 1. The zero-order valence-electron chi connectivity index (χ0n) is 17.6. The van der Waals surface area contributed by atoms with Gasteiger partial charge in [0.25, 0.3) is 0 Å². The summed E-state index contributed by atoms with van der Waals surface area (Å²) in [6.07, 6.45) is 0.589. The fourth-order valence-electron chi connectivity index (χ4n) is 2.93. The van der Waals surface area contributed by atoms with Gasteiger partial charge in [-0.25, -0.2) is 4.98 Å². The van der Waals surface area contributed by atoms with E-state index in [0.717, 1.165) is 16.8 Å². The van der Waals surface area contributed by atoms with Crippen molar-refractivity contribution in [3.63, 3.8) is 0 Å². The minimum Gasteiger partial charge on any atom is -0.339 e. The van der Waals surface area contributed by atoms with E-state index < -0.39 is 0 Å². The second-order valence-corrected chi connectivity index (χ2v) is 8.61. The van der Waals surface area contributed by atoms with Gasteiger partial charge in [-0.2, -0.15) is 4.98 Å². The first-order valence-corrected chi connectivity index (χ1v) is 11.3. The number of aromatic amines is 1. The maximum absolute atomic E-state index is 12.2. The van der Waals surface area contributed by atoms with E-state index in [2.05, 4.69) is 30.6 Å².